The molecule has 4 nitrogen and oxygen atoms in total. The number of aromatic nitrogens is 2. The van der Waals surface area contributed by atoms with Gasteiger partial charge in [0.2, 0.25) is 0 Å². The lowest BCUT2D eigenvalue weighted by molar-refractivity contribution is 0.103. The fourth-order valence-electron chi connectivity index (χ4n) is 3.27. The molecule has 1 aliphatic rings. The van der Waals surface area contributed by atoms with Crippen molar-refractivity contribution in [2.24, 2.45) is 0 Å². The number of halogens is 1. The SMILES string of the molecule is CCNC(c1c(Cl)cnn1CC)C(C)(C)N1CCCC1. The molecule has 1 aromatic heterocycles. The maximum Gasteiger partial charge on any atom is 0.0834 e. The Labute approximate surface area is 127 Å². The van der Waals surface area contributed by atoms with Crippen molar-refractivity contribution in [1.82, 2.24) is 20.0 Å². The highest BCUT2D eigenvalue weighted by molar-refractivity contribution is 6.31. The van der Waals surface area contributed by atoms with E-state index in [9.17, 15) is 0 Å². The summed E-state index contributed by atoms with van der Waals surface area (Å²) in [6.45, 7) is 13.0. The monoisotopic (exact) mass is 298 g/mol. The first kappa shape index (κ1) is 15.8. The lowest BCUT2D eigenvalue weighted by Gasteiger charge is -2.42. The van der Waals surface area contributed by atoms with E-state index < -0.39 is 0 Å². The average molecular weight is 299 g/mol. The Morgan fingerprint density at radius 2 is 2.00 bits per heavy atom. The Hall–Kier alpha value is -0.580. The zero-order chi connectivity index (χ0) is 14.8. The first-order chi connectivity index (χ1) is 9.52. The Morgan fingerprint density at radius 1 is 1.35 bits per heavy atom. The van der Waals surface area contributed by atoms with Crippen molar-refractivity contribution >= 4 is 11.6 Å². The van der Waals surface area contributed by atoms with Crippen molar-refractivity contribution in [1.29, 1.82) is 0 Å². The molecule has 2 rings (SSSR count). The van der Waals surface area contributed by atoms with Gasteiger partial charge < -0.3 is 5.32 Å². The standard InChI is InChI=1S/C15H27ClN4/c1-5-17-14(13-12(16)11-18-20(13)6-2)15(3,4)19-9-7-8-10-19/h11,14,17H,5-10H2,1-4H3. The van der Waals surface area contributed by atoms with Gasteiger partial charge >= 0.3 is 0 Å². The first-order valence-corrected chi connectivity index (χ1v) is 8.09. The van der Waals surface area contributed by atoms with Gasteiger partial charge in [0.25, 0.3) is 0 Å². The van der Waals surface area contributed by atoms with E-state index in [0.29, 0.717) is 0 Å². The number of nitrogens with zero attached hydrogens (tertiary/aromatic N) is 3. The van der Waals surface area contributed by atoms with Crippen molar-refractivity contribution in [2.75, 3.05) is 19.6 Å². The Morgan fingerprint density at radius 3 is 2.55 bits per heavy atom. The largest absolute Gasteiger partial charge is 0.307 e. The predicted octanol–water partition coefficient (Wildman–Crippen LogP) is 3.08. The van der Waals surface area contributed by atoms with Crippen LogP contribution in [0, 0.1) is 0 Å². The van der Waals surface area contributed by atoms with E-state index in [2.05, 4.69) is 43.0 Å². The smallest absolute Gasteiger partial charge is 0.0834 e. The number of likely N-dealkylation sites (N-methyl/N-ethyl adjacent to an activating group) is 1. The molecule has 2 heterocycles. The second kappa shape index (κ2) is 6.46. The van der Waals surface area contributed by atoms with E-state index >= 15 is 0 Å². The lowest BCUT2D eigenvalue weighted by atomic mass is 9.89. The van der Waals surface area contributed by atoms with Gasteiger partial charge in [0, 0.05) is 12.1 Å². The number of likely N-dealkylation sites (tertiary alicyclic amines) is 1. The van der Waals surface area contributed by atoms with Gasteiger partial charge in [-0.15, -0.1) is 0 Å². The molecule has 0 saturated carbocycles. The summed E-state index contributed by atoms with van der Waals surface area (Å²) in [5.74, 6) is 0. The van der Waals surface area contributed by atoms with Crippen LogP contribution in [0.1, 0.15) is 52.3 Å². The molecule has 0 bridgehead atoms. The number of hydrogen-bond acceptors (Lipinski definition) is 3. The minimum Gasteiger partial charge on any atom is -0.307 e. The summed E-state index contributed by atoms with van der Waals surface area (Å²) in [4.78, 5) is 2.57. The van der Waals surface area contributed by atoms with Gasteiger partial charge in [0.05, 0.1) is 23.0 Å². The molecular formula is C15H27ClN4. The average Bonchev–Trinajstić information content (AvgIpc) is 3.05. The summed E-state index contributed by atoms with van der Waals surface area (Å²) in [6.07, 6.45) is 4.36. The molecule has 1 aromatic rings. The minimum absolute atomic E-state index is 0.0309. The molecule has 1 unspecified atom stereocenters. The molecule has 1 N–H and O–H groups in total. The van der Waals surface area contributed by atoms with E-state index in [4.69, 9.17) is 11.6 Å². The number of nitrogens with one attached hydrogen (secondary N) is 1. The van der Waals surface area contributed by atoms with Crippen molar-refractivity contribution in [3.8, 4) is 0 Å². The fraction of sp³-hybridized carbons (Fsp3) is 0.800. The van der Waals surface area contributed by atoms with Crippen molar-refractivity contribution < 1.29 is 0 Å². The highest BCUT2D eigenvalue weighted by atomic mass is 35.5. The maximum atomic E-state index is 6.43. The third-order valence-electron chi connectivity index (χ3n) is 4.44. The Bertz CT molecular complexity index is 435. The normalized spacial score (nSPS) is 18.6. The topological polar surface area (TPSA) is 33.1 Å². The molecule has 5 heteroatoms. The van der Waals surface area contributed by atoms with E-state index in [1.165, 1.54) is 25.9 Å². The van der Waals surface area contributed by atoms with Gasteiger partial charge in [0.15, 0.2) is 0 Å². The maximum absolute atomic E-state index is 6.43. The second-order valence-corrected chi connectivity index (χ2v) is 6.44. The van der Waals surface area contributed by atoms with Crippen LogP contribution in [0.4, 0.5) is 0 Å². The zero-order valence-electron chi connectivity index (χ0n) is 13.1. The summed E-state index contributed by atoms with van der Waals surface area (Å²) >= 11 is 6.43. The minimum atomic E-state index is 0.0309. The van der Waals surface area contributed by atoms with Gasteiger partial charge in [0.1, 0.15) is 0 Å². The molecule has 1 saturated heterocycles. The van der Waals surface area contributed by atoms with Crippen LogP contribution < -0.4 is 5.32 Å². The highest BCUT2D eigenvalue weighted by Gasteiger charge is 2.39. The van der Waals surface area contributed by atoms with Crippen molar-refractivity contribution in [3.05, 3.63) is 16.9 Å². The van der Waals surface area contributed by atoms with Crippen molar-refractivity contribution in [3.63, 3.8) is 0 Å². The summed E-state index contributed by atoms with van der Waals surface area (Å²) < 4.78 is 2.02. The van der Waals surface area contributed by atoms with Crippen LogP contribution in [0.3, 0.4) is 0 Å². The van der Waals surface area contributed by atoms with Crippen LogP contribution >= 0.6 is 11.6 Å². The van der Waals surface area contributed by atoms with Crippen molar-refractivity contribution in [2.45, 2.75) is 58.7 Å². The summed E-state index contributed by atoms with van der Waals surface area (Å²) in [7, 11) is 0. The molecule has 0 radical (unpaired) electrons. The molecule has 1 aliphatic heterocycles. The van der Waals surface area contributed by atoms with Crippen LogP contribution in [0.25, 0.3) is 0 Å². The molecule has 114 valence electrons. The fourth-order valence-corrected chi connectivity index (χ4v) is 3.52. The molecule has 20 heavy (non-hydrogen) atoms. The number of hydrogen-bond donors (Lipinski definition) is 1. The van der Waals surface area contributed by atoms with Gasteiger partial charge in [-0.05, 0) is 53.2 Å². The Kier molecular flexibility index (Phi) is 5.10. The second-order valence-electron chi connectivity index (χ2n) is 6.03. The van der Waals surface area contributed by atoms with E-state index in [-0.39, 0.29) is 11.6 Å². The lowest BCUT2D eigenvalue weighted by Crippen LogP contribution is -2.52. The summed E-state index contributed by atoms with van der Waals surface area (Å²) in [6, 6.07) is 0.195. The third-order valence-corrected chi connectivity index (χ3v) is 4.73. The van der Waals surface area contributed by atoms with E-state index in [1.807, 2.05) is 4.68 Å². The van der Waals surface area contributed by atoms with E-state index in [1.54, 1.807) is 6.20 Å². The molecule has 1 atom stereocenters. The van der Waals surface area contributed by atoms with E-state index in [0.717, 1.165) is 23.8 Å². The third kappa shape index (κ3) is 2.87. The van der Waals surface area contributed by atoms with Crippen LogP contribution in [-0.2, 0) is 6.54 Å². The molecule has 1 fully saturated rings. The van der Waals surface area contributed by atoms with Gasteiger partial charge in [-0.2, -0.15) is 5.10 Å². The van der Waals surface area contributed by atoms with Crippen LogP contribution in [0.5, 0.6) is 0 Å². The zero-order valence-corrected chi connectivity index (χ0v) is 13.9. The van der Waals surface area contributed by atoms with Crippen LogP contribution in [0.15, 0.2) is 6.20 Å². The first-order valence-electron chi connectivity index (χ1n) is 7.72. The Balaban J connectivity index is 2.36. The molecule has 0 aromatic carbocycles. The van der Waals surface area contributed by atoms with Gasteiger partial charge in [-0.3, -0.25) is 9.58 Å². The predicted molar refractivity (Wildman–Crippen MR) is 84.2 cm³/mol. The highest BCUT2D eigenvalue weighted by Crippen LogP contribution is 2.36. The van der Waals surface area contributed by atoms with Crippen LogP contribution in [0.2, 0.25) is 5.02 Å². The summed E-state index contributed by atoms with van der Waals surface area (Å²) in [5, 5.41) is 8.80. The number of rotatable bonds is 6. The van der Waals surface area contributed by atoms with Crippen LogP contribution in [-0.4, -0.2) is 39.9 Å². The molecule has 0 spiro atoms. The number of aryl methyl sites for hydroxylation is 1. The van der Waals surface area contributed by atoms with Gasteiger partial charge in [-0.1, -0.05) is 18.5 Å². The summed E-state index contributed by atoms with van der Waals surface area (Å²) in [5.41, 5.74) is 1.15. The molecule has 0 aliphatic carbocycles. The molecule has 0 amide bonds. The van der Waals surface area contributed by atoms with Gasteiger partial charge in [-0.25, -0.2) is 0 Å². The quantitative estimate of drug-likeness (QED) is 0.876. The molecular weight excluding hydrogens is 272 g/mol.